The maximum absolute atomic E-state index is 12.2. The van der Waals surface area contributed by atoms with Gasteiger partial charge in [-0.2, -0.15) is 13.2 Å². The summed E-state index contributed by atoms with van der Waals surface area (Å²) in [6.07, 6.45) is -4.33. The first kappa shape index (κ1) is 9.13. The van der Waals surface area contributed by atoms with Crippen molar-refractivity contribution >= 4 is 12.9 Å². The Balaban J connectivity index is 3.14. The summed E-state index contributed by atoms with van der Waals surface area (Å²) in [4.78, 5) is 0. The Morgan fingerprint density at radius 3 is 2.17 bits per heavy atom. The van der Waals surface area contributed by atoms with Crippen molar-refractivity contribution in [1.29, 1.82) is 0 Å². The summed E-state index contributed by atoms with van der Waals surface area (Å²) in [7, 11) is 0.947. The molecular formula is C7H6BF3N. The third kappa shape index (κ3) is 1.79. The van der Waals surface area contributed by atoms with Crippen molar-refractivity contribution in [3.63, 3.8) is 0 Å². The summed E-state index contributed by atoms with van der Waals surface area (Å²) < 4.78 is 36.5. The smallest absolute Gasteiger partial charge is 0.370 e. The Bertz CT molecular complexity index is 272. The molecule has 1 nitrogen and oxygen atoms in total. The molecule has 0 aliphatic heterocycles. The summed E-state index contributed by atoms with van der Waals surface area (Å²) in [5.41, 5.74) is 4.33. The molecule has 0 aliphatic carbocycles. The van der Waals surface area contributed by atoms with Crippen LogP contribution in [0.3, 0.4) is 0 Å². The second-order valence-corrected chi connectivity index (χ2v) is 2.25. The van der Waals surface area contributed by atoms with Gasteiger partial charge < -0.3 is 5.64 Å². The van der Waals surface area contributed by atoms with Crippen LogP contribution in [0.15, 0.2) is 24.3 Å². The summed E-state index contributed by atoms with van der Waals surface area (Å²) >= 11 is 0. The molecule has 1 radical (unpaired) electrons. The predicted molar refractivity (Wildman–Crippen MR) is 41.0 cm³/mol. The van der Waals surface area contributed by atoms with Crippen molar-refractivity contribution in [1.82, 2.24) is 0 Å². The average Bonchev–Trinajstić information content (AvgIpc) is 2.03. The number of nitrogens with two attached hydrogens (primary N) is 1. The van der Waals surface area contributed by atoms with Gasteiger partial charge in [0.25, 0.3) is 0 Å². The van der Waals surface area contributed by atoms with Gasteiger partial charge in [0.2, 0.25) is 7.41 Å². The van der Waals surface area contributed by atoms with E-state index in [0.29, 0.717) is 0 Å². The van der Waals surface area contributed by atoms with Gasteiger partial charge >= 0.3 is 6.18 Å². The van der Waals surface area contributed by atoms with E-state index in [0.717, 1.165) is 13.5 Å². The molecule has 0 bridgehead atoms. The predicted octanol–water partition coefficient (Wildman–Crippen LogP) is 0.909. The molecule has 0 fully saturated rings. The van der Waals surface area contributed by atoms with Crippen LogP contribution in [0.1, 0.15) is 5.56 Å². The lowest BCUT2D eigenvalue weighted by atomic mass is 9.81. The fourth-order valence-corrected chi connectivity index (χ4v) is 0.900. The molecule has 5 heteroatoms. The van der Waals surface area contributed by atoms with E-state index in [1.54, 1.807) is 0 Å². The number of hydrogen-bond acceptors (Lipinski definition) is 1. The van der Waals surface area contributed by atoms with Crippen LogP contribution in [0.4, 0.5) is 13.2 Å². The van der Waals surface area contributed by atoms with Crippen LogP contribution in [-0.4, -0.2) is 7.41 Å². The van der Waals surface area contributed by atoms with Crippen LogP contribution < -0.4 is 11.1 Å². The monoisotopic (exact) mass is 172 g/mol. The van der Waals surface area contributed by atoms with Crippen molar-refractivity contribution < 1.29 is 13.2 Å². The van der Waals surface area contributed by atoms with Crippen molar-refractivity contribution in [3.8, 4) is 0 Å². The molecule has 0 aromatic heterocycles. The normalized spacial score (nSPS) is 11.3. The van der Waals surface area contributed by atoms with Gasteiger partial charge in [0.1, 0.15) is 0 Å². The summed E-state index contributed by atoms with van der Waals surface area (Å²) in [5, 5.41) is 0. The van der Waals surface area contributed by atoms with E-state index in [9.17, 15) is 13.2 Å². The quantitative estimate of drug-likeness (QED) is 0.625. The maximum atomic E-state index is 12.2. The standard InChI is InChI=1S/C7H6BF3N/c9-7(10,11)5-3-1-2-4-6(5)8-12/h1-4H,12H2. The van der Waals surface area contributed by atoms with E-state index in [1.807, 2.05) is 0 Å². The third-order valence-electron chi connectivity index (χ3n) is 1.45. The summed E-state index contributed by atoms with van der Waals surface area (Å²) in [5.74, 6) is 0. The minimum atomic E-state index is -4.33. The van der Waals surface area contributed by atoms with Crippen molar-refractivity contribution in [2.24, 2.45) is 5.64 Å². The van der Waals surface area contributed by atoms with Crippen molar-refractivity contribution in [2.75, 3.05) is 0 Å². The van der Waals surface area contributed by atoms with E-state index in [-0.39, 0.29) is 5.46 Å². The summed E-state index contributed by atoms with van der Waals surface area (Å²) in [6, 6.07) is 5.16. The molecule has 0 heterocycles. The van der Waals surface area contributed by atoms with Crippen molar-refractivity contribution in [2.45, 2.75) is 6.18 Å². The molecule has 0 saturated carbocycles. The molecule has 1 aromatic carbocycles. The first-order chi connectivity index (χ1) is 5.55. The molecule has 12 heavy (non-hydrogen) atoms. The summed E-state index contributed by atoms with van der Waals surface area (Å²) in [6.45, 7) is 0. The highest BCUT2D eigenvalue weighted by Gasteiger charge is 2.32. The fourth-order valence-electron chi connectivity index (χ4n) is 0.900. The highest BCUT2D eigenvalue weighted by molar-refractivity contribution is 6.50. The molecule has 2 N–H and O–H groups in total. The minimum absolute atomic E-state index is 0.00463. The first-order valence-electron chi connectivity index (χ1n) is 3.27. The molecule has 0 saturated heterocycles. The second kappa shape index (κ2) is 3.19. The molecule has 0 aliphatic rings. The largest absolute Gasteiger partial charge is 0.415 e. The Hall–Kier alpha value is -0.965. The van der Waals surface area contributed by atoms with Crippen LogP contribution in [0.5, 0.6) is 0 Å². The van der Waals surface area contributed by atoms with Crippen LogP contribution in [0, 0.1) is 0 Å². The molecule has 1 aromatic rings. The van der Waals surface area contributed by atoms with Crippen LogP contribution in [0.2, 0.25) is 0 Å². The fraction of sp³-hybridized carbons (Fsp3) is 0.143. The lowest BCUT2D eigenvalue weighted by Gasteiger charge is -2.09. The van der Waals surface area contributed by atoms with Crippen LogP contribution >= 0.6 is 0 Å². The van der Waals surface area contributed by atoms with Crippen LogP contribution in [0.25, 0.3) is 0 Å². The van der Waals surface area contributed by atoms with Gasteiger partial charge in [-0.05, 0) is 0 Å². The Morgan fingerprint density at radius 1 is 1.17 bits per heavy atom. The van der Waals surface area contributed by atoms with E-state index in [2.05, 4.69) is 0 Å². The number of benzene rings is 1. The Kier molecular flexibility index (Phi) is 2.42. The highest BCUT2D eigenvalue weighted by atomic mass is 19.4. The van der Waals surface area contributed by atoms with Gasteiger partial charge in [-0.1, -0.05) is 29.7 Å². The Morgan fingerprint density at radius 2 is 1.75 bits per heavy atom. The van der Waals surface area contributed by atoms with Gasteiger partial charge in [0, 0.05) is 0 Å². The van der Waals surface area contributed by atoms with Gasteiger partial charge in [0.15, 0.2) is 0 Å². The highest BCUT2D eigenvalue weighted by Crippen LogP contribution is 2.27. The minimum Gasteiger partial charge on any atom is -0.370 e. The zero-order chi connectivity index (χ0) is 9.19. The topological polar surface area (TPSA) is 26.0 Å². The number of halogens is 3. The van der Waals surface area contributed by atoms with Gasteiger partial charge in [-0.15, -0.1) is 0 Å². The third-order valence-corrected chi connectivity index (χ3v) is 1.45. The molecule has 0 unspecified atom stereocenters. The molecule has 0 atom stereocenters. The van der Waals surface area contributed by atoms with Crippen LogP contribution in [-0.2, 0) is 6.18 Å². The van der Waals surface area contributed by atoms with E-state index < -0.39 is 11.7 Å². The van der Waals surface area contributed by atoms with Crippen molar-refractivity contribution in [3.05, 3.63) is 29.8 Å². The van der Waals surface area contributed by atoms with Gasteiger partial charge in [0.05, 0.1) is 5.56 Å². The van der Waals surface area contributed by atoms with E-state index in [4.69, 9.17) is 5.64 Å². The number of rotatable bonds is 1. The maximum Gasteiger partial charge on any atom is 0.415 e. The number of hydrogen-bond donors (Lipinski definition) is 1. The van der Waals surface area contributed by atoms with Gasteiger partial charge in [-0.3, -0.25) is 0 Å². The SMILES string of the molecule is N[B]c1ccccc1C(F)(F)F. The molecular weight excluding hydrogens is 166 g/mol. The zero-order valence-electron chi connectivity index (χ0n) is 6.10. The molecule has 0 amide bonds. The molecule has 1 rings (SSSR count). The number of alkyl halides is 3. The lowest BCUT2D eigenvalue weighted by molar-refractivity contribution is -0.136. The Labute approximate surface area is 68.6 Å². The molecule has 0 spiro atoms. The lowest BCUT2D eigenvalue weighted by Crippen LogP contribution is -2.30. The second-order valence-electron chi connectivity index (χ2n) is 2.25. The van der Waals surface area contributed by atoms with E-state index in [1.165, 1.54) is 18.2 Å². The van der Waals surface area contributed by atoms with E-state index >= 15 is 0 Å². The molecule has 63 valence electrons. The van der Waals surface area contributed by atoms with Gasteiger partial charge in [-0.25, -0.2) is 0 Å². The average molecular weight is 172 g/mol. The zero-order valence-corrected chi connectivity index (χ0v) is 6.10. The first-order valence-corrected chi connectivity index (χ1v) is 3.27.